The van der Waals surface area contributed by atoms with Crippen molar-refractivity contribution in [3.05, 3.63) is 127 Å². The van der Waals surface area contributed by atoms with E-state index >= 15 is 0 Å². The molecule has 8 rings (SSSR count). The first-order valence-electron chi connectivity index (χ1n) is 13.1. The van der Waals surface area contributed by atoms with Crippen molar-refractivity contribution in [1.82, 2.24) is 24.5 Å². The van der Waals surface area contributed by atoms with Crippen molar-refractivity contribution in [3.63, 3.8) is 0 Å². The number of oxazole rings is 1. The lowest BCUT2D eigenvalue weighted by molar-refractivity contribution is 0.620. The lowest BCUT2D eigenvalue weighted by Gasteiger charge is -2.11. The summed E-state index contributed by atoms with van der Waals surface area (Å²) in [6.45, 7) is 0. The number of hydrogen-bond donors (Lipinski definition) is 0. The molecule has 0 unspecified atom stereocenters. The zero-order valence-electron chi connectivity index (χ0n) is 21.3. The molecule has 0 aliphatic rings. The number of para-hydroxylation sites is 3. The van der Waals surface area contributed by atoms with Crippen molar-refractivity contribution >= 4 is 32.9 Å². The number of benzene rings is 5. The summed E-state index contributed by atoms with van der Waals surface area (Å²) in [4.78, 5) is 19.7. The molecule has 0 bridgehead atoms. The molecule has 6 heteroatoms. The van der Waals surface area contributed by atoms with Crippen LogP contribution in [0.5, 0.6) is 0 Å². The normalized spacial score (nSPS) is 11.5. The first-order chi connectivity index (χ1) is 19.8. The highest BCUT2D eigenvalue weighted by atomic mass is 16.3. The smallest absolute Gasteiger partial charge is 0.238 e. The Labute approximate surface area is 229 Å². The summed E-state index contributed by atoms with van der Waals surface area (Å²) in [5.41, 5.74) is 6.32. The zero-order chi connectivity index (χ0) is 26.5. The van der Waals surface area contributed by atoms with Crippen molar-refractivity contribution in [3.8, 4) is 40.2 Å². The zero-order valence-corrected chi connectivity index (χ0v) is 21.3. The van der Waals surface area contributed by atoms with E-state index < -0.39 is 0 Å². The molecule has 0 atom stereocenters. The van der Waals surface area contributed by atoms with Crippen molar-refractivity contribution in [2.45, 2.75) is 0 Å². The Kier molecular flexibility index (Phi) is 5.03. The molecule has 3 aromatic heterocycles. The lowest BCUT2D eigenvalue weighted by atomic mass is 10.1. The molecule has 0 saturated heterocycles. The molecule has 3 heterocycles. The highest BCUT2D eigenvalue weighted by molar-refractivity contribution is 6.15. The minimum absolute atomic E-state index is 0.550. The van der Waals surface area contributed by atoms with Crippen LogP contribution in [0.3, 0.4) is 0 Å². The molecule has 0 amide bonds. The van der Waals surface area contributed by atoms with Gasteiger partial charge in [0.05, 0.1) is 11.0 Å². The molecular formula is C34H21N5O. The van der Waals surface area contributed by atoms with E-state index in [1.807, 2.05) is 103 Å². The minimum Gasteiger partial charge on any atom is -0.436 e. The average molecular weight is 516 g/mol. The molecule has 8 aromatic rings. The van der Waals surface area contributed by atoms with Crippen LogP contribution in [-0.2, 0) is 0 Å². The summed E-state index contributed by atoms with van der Waals surface area (Å²) < 4.78 is 8.33. The van der Waals surface area contributed by atoms with E-state index in [9.17, 15) is 0 Å². The monoisotopic (exact) mass is 515 g/mol. The van der Waals surface area contributed by atoms with Crippen LogP contribution in [0.4, 0.5) is 0 Å². The van der Waals surface area contributed by atoms with Gasteiger partial charge in [0, 0.05) is 27.5 Å². The summed E-state index contributed by atoms with van der Waals surface area (Å²) in [6.07, 6.45) is 0. The summed E-state index contributed by atoms with van der Waals surface area (Å²) in [7, 11) is 0. The largest absolute Gasteiger partial charge is 0.436 e. The Morgan fingerprint density at radius 3 is 1.85 bits per heavy atom. The van der Waals surface area contributed by atoms with Crippen molar-refractivity contribution in [1.29, 1.82) is 0 Å². The second-order valence-electron chi connectivity index (χ2n) is 9.55. The number of nitrogens with zero attached hydrogens (tertiary/aromatic N) is 5. The van der Waals surface area contributed by atoms with E-state index in [0.29, 0.717) is 23.5 Å². The van der Waals surface area contributed by atoms with Gasteiger partial charge in [0.15, 0.2) is 17.2 Å². The molecule has 40 heavy (non-hydrogen) atoms. The molecule has 5 aromatic carbocycles. The molecule has 0 spiro atoms. The number of aromatic nitrogens is 5. The predicted octanol–water partition coefficient (Wildman–Crippen LogP) is 8.11. The molecule has 6 nitrogen and oxygen atoms in total. The van der Waals surface area contributed by atoms with Gasteiger partial charge in [0.25, 0.3) is 0 Å². The van der Waals surface area contributed by atoms with E-state index in [2.05, 4.69) is 28.8 Å². The topological polar surface area (TPSA) is 69.6 Å². The van der Waals surface area contributed by atoms with Gasteiger partial charge in [-0.3, -0.25) is 4.57 Å². The van der Waals surface area contributed by atoms with Gasteiger partial charge in [-0.1, -0.05) is 97.1 Å². The average Bonchev–Trinajstić information content (AvgIpc) is 3.61. The third-order valence-electron chi connectivity index (χ3n) is 7.11. The summed E-state index contributed by atoms with van der Waals surface area (Å²) in [5.74, 6) is 2.37. The van der Waals surface area contributed by atoms with Gasteiger partial charge in [0.1, 0.15) is 5.52 Å². The van der Waals surface area contributed by atoms with E-state index in [0.717, 1.165) is 49.6 Å². The summed E-state index contributed by atoms with van der Waals surface area (Å²) in [6, 6.07) is 42.3. The highest BCUT2D eigenvalue weighted by Crippen LogP contribution is 2.38. The van der Waals surface area contributed by atoms with Crippen molar-refractivity contribution in [2.24, 2.45) is 0 Å². The molecule has 188 valence electrons. The van der Waals surface area contributed by atoms with Gasteiger partial charge in [0.2, 0.25) is 11.8 Å². The van der Waals surface area contributed by atoms with Gasteiger partial charge in [-0.2, -0.15) is 9.97 Å². The van der Waals surface area contributed by atoms with Crippen LogP contribution < -0.4 is 0 Å². The molecule has 0 aliphatic carbocycles. The maximum absolute atomic E-state index is 6.22. The first kappa shape index (κ1) is 22.4. The Balaban J connectivity index is 1.44. The van der Waals surface area contributed by atoms with Gasteiger partial charge < -0.3 is 4.42 Å². The molecular weight excluding hydrogens is 494 g/mol. The fraction of sp³-hybridized carbons (Fsp3) is 0. The Hall–Kier alpha value is -5.62. The predicted molar refractivity (Wildman–Crippen MR) is 158 cm³/mol. The minimum atomic E-state index is 0.550. The maximum Gasteiger partial charge on any atom is 0.238 e. The maximum atomic E-state index is 6.22. The van der Waals surface area contributed by atoms with Crippen molar-refractivity contribution in [2.75, 3.05) is 0 Å². The number of fused-ring (bicyclic) bond motifs is 4. The SMILES string of the molecule is c1ccc(-c2nc(-c3ccccc3)nc(-n3c4ccccc4c4c(-c5nc6ccccc6o5)cccc43)n2)cc1. The second kappa shape index (κ2) is 8.99. The third-order valence-corrected chi connectivity index (χ3v) is 7.11. The summed E-state index contributed by atoms with van der Waals surface area (Å²) >= 11 is 0. The molecule has 0 N–H and O–H groups in total. The van der Waals surface area contributed by atoms with E-state index in [1.54, 1.807) is 0 Å². The van der Waals surface area contributed by atoms with Gasteiger partial charge in [-0.25, -0.2) is 9.97 Å². The fourth-order valence-electron chi connectivity index (χ4n) is 5.30. The fourth-order valence-corrected chi connectivity index (χ4v) is 5.30. The Bertz CT molecular complexity index is 2070. The van der Waals surface area contributed by atoms with Gasteiger partial charge in [-0.15, -0.1) is 0 Å². The van der Waals surface area contributed by atoms with E-state index in [4.69, 9.17) is 24.4 Å². The standard InChI is InChI=1S/C34H21N5O/c1-3-12-22(13-4-1)31-36-32(23-14-5-2-6-15-23)38-34(37-31)39-27-19-9-7-16-24(27)30-25(17-11-20-28(30)39)33-35-26-18-8-10-21-29(26)40-33/h1-21H. The molecule has 0 aliphatic heterocycles. The van der Waals surface area contributed by atoms with Gasteiger partial charge in [-0.05, 0) is 30.3 Å². The Morgan fingerprint density at radius 1 is 0.500 bits per heavy atom. The van der Waals surface area contributed by atoms with Crippen molar-refractivity contribution < 1.29 is 4.42 Å². The van der Waals surface area contributed by atoms with Crippen LogP contribution in [0.1, 0.15) is 0 Å². The number of rotatable bonds is 4. The number of hydrogen-bond acceptors (Lipinski definition) is 5. The molecule has 0 radical (unpaired) electrons. The van der Waals surface area contributed by atoms with Crippen LogP contribution in [-0.4, -0.2) is 24.5 Å². The van der Waals surface area contributed by atoms with Crippen LogP contribution in [0, 0.1) is 0 Å². The molecule has 0 saturated carbocycles. The first-order valence-corrected chi connectivity index (χ1v) is 13.1. The van der Waals surface area contributed by atoms with Crippen LogP contribution >= 0.6 is 0 Å². The second-order valence-corrected chi connectivity index (χ2v) is 9.55. The van der Waals surface area contributed by atoms with E-state index in [-0.39, 0.29) is 0 Å². The third kappa shape index (κ3) is 3.58. The summed E-state index contributed by atoms with van der Waals surface area (Å²) in [5, 5.41) is 2.10. The lowest BCUT2D eigenvalue weighted by Crippen LogP contribution is -2.06. The van der Waals surface area contributed by atoms with Gasteiger partial charge >= 0.3 is 0 Å². The molecule has 0 fully saturated rings. The van der Waals surface area contributed by atoms with Crippen LogP contribution in [0.25, 0.3) is 73.1 Å². The van der Waals surface area contributed by atoms with E-state index in [1.165, 1.54) is 0 Å². The van der Waals surface area contributed by atoms with Crippen LogP contribution in [0.2, 0.25) is 0 Å². The quantitative estimate of drug-likeness (QED) is 0.237. The highest BCUT2D eigenvalue weighted by Gasteiger charge is 2.21. The van der Waals surface area contributed by atoms with Crippen LogP contribution in [0.15, 0.2) is 132 Å². The Morgan fingerprint density at radius 2 is 1.12 bits per heavy atom.